The quantitative estimate of drug-likeness (QED) is 0.921. The summed E-state index contributed by atoms with van der Waals surface area (Å²) in [5, 5.41) is 6.67. The maximum absolute atomic E-state index is 12.9. The van der Waals surface area contributed by atoms with Crippen LogP contribution in [-0.4, -0.2) is 17.6 Å². The zero-order chi connectivity index (χ0) is 13.8. The average molecular weight is 262 g/mol. The van der Waals surface area contributed by atoms with E-state index in [2.05, 4.69) is 10.5 Å². The molecule has 4 nitrogen and oxygen atoms in total. The summed E-state index contributed by atoms with van der Waals surface area (Å²) in [5.41, 5.74) is 1.49. The number of rotatable bonds is 4. The minimum atomic E-state index is -0.332. The molecule has 1 N–H and O–H groups in total. The molecule has 0 spiro atoms. The van der Waals surface area contributed by atoms with Crippen LogP contribution in [0, 0.1) is 12.7 Å². The van der Waals surface area contributed by atoms with Gasteiger partial charge in [0, 0.05) is 12.1 Å². The van der Waals surface area contributed by atoms with Crippen molar-refractivity contribution in [2.75, 3.05) is 6.54 Å². The number of carbonyl (C=O) groups excluding carboxylic acids is 1. The zero-order valence-electron chi connectivity index (χ0n) is 10.9. The van der Waals surface area contributed by atoms with E-state index in [4.69, 9.17) is 4.52 Å². The van der Waals surface area contributed by atoms with Crippen LogP contribution in [-0.2, 0) is 0 Å². The topological polar surface area (TPSA) is 55.1 Å². The molecule has 0 aliphatic carbocycles. The summed E-state index contributed by atoms with van der Waals surface area (Å²) in [4.78, 5) is 12.1. The number of carbonyl (C=O) groups is 1. The predicted octanol–water partition coefficient (Wildman–Crippen LogP) is 2.93. The summed E-state index contributed by atoms with van der Waals surface area (Å²) >= 11 is 0. The Balaban J connectivity index is 2.37. The SMILES string of the molecule is CCCNC(=O)c1c(-c2ccc(F)cc2)noc1C. The van der Waals surface area contributed by atoms with Crippen LogP contribution in [0.3, 0.4) is 0 Å². The Hall–Kier alpha value is -2.17. The highest BCUT2D eigenvalue weighted by Gasteiger charge is 2.21. The van der Waals surface area contributed by atoms with Crippen molar-refractivity contribution in [2.24, 2.45) is 0 Å². The predicted molar refractivity (Wildman–Crippen MR) is 69.3 cm³/mol. The molecule has 0 aliphatic rings. The first kappa shape index (κ1) is 13.3. The zero-order valence-corrected chi connectivity index (χ0v) is 10.9. The number of hydrogen-bond donors (Lipinski definition) is 1. The molecule has 1 amide bonds. The van der Waals surface area contributed by atoms with Crippen LogP contribution in [0.2, 0.25) is 0 Å². The van der Waals surface area contributed by atoms with Crippen molar-refractivity contribution >= 4 is 5.91 Å². The molecular formula is C14H15FN2O2. The second-order valence-corrected chi connectivity index (χ2v) is 4.23. The Kier molecular flexibility index (Phi) is 3.94. The van der Waals surface area contributed by atoms with Gasteiger partial charge in [0.2, 0.25) is 0 Å². The van der Waals surface area contributed by atoms with Gasteiger partial charge in [-0.25, -0.2) is 4.39 Å². The van der Waals surface area contributed by atoms with Gasteiger partial charge in [-0.2, -0.15) is 0 Å². The van der Waals surface area contributed by atoms with E-state index in [1.807, 2.05) is 6.92 Å². The third-order valence-electron chi connectivity index (χ3n) is 2.74. The van der Waals surface area contributed by atoms with Crippen LogP contribution >= 0.6 is 0 Å². The summed E-state index contributed by atoms with van der Waals surface area (Å²) in [6.07, 6.45) is 0.849. The fraction of sp³-hybridized carbons (Fsp3) is 0.286. The molecule has 2 rings (SSSR count). The van der Waals surface area contributed by atoms with E-state index in [1.54, 1.807) is 19.1 Å². The summed E-state index contributed by atoms with van der Waals surface area (Å²) in [7, 11) is 0. The highest BCUT2D eigenvalue weighted by atomic mass is 19.1. The molecule has 5 heteroatoms. The number of halogens is 1. The Morgan fingerprint density at radius 3 is 2.68 bits per heavy atom. The lowest BCUT2D eigenvalue weighted by atomic mass is 10.1. The minimum Gasteiger partial charge on any atom is -0.360 e. The summed E-state index contributed by atoms with van der Waals surface area (Å²) < 4.78 is 18.0. The minimum absolute atomic E-state index is 0.222. The van der Waals surface area contributed by atoms with Crippen LogP contribution < -0.4 is 5.32 Å². The first-order valence-corrected chi connectivity index (χ1v) is 6.14. The molecule has 19 heavy (non-hydrogen) atoms. The Morgan fingerprint density at radius 2 is 2.05 bits per heavy atom. The monoisotopic (exact) mass is 262 g/mol. The summed E-state index contributed by atoms with van der Waals surface area (Å²) in [6.45, 7) is 4.24. The summed E-state index contributed by atoms with van der Waals surface area (Å²) in [5.74, 6) is -0.103. The lowest BCUT2D eigenvalue weighted by Crippen LogP contribution is -2.24. The van der Waals surface area contributed by atoms with Gasteiger partial charge in [0.05, 0.1) is 0 Å². The second kappa shape index (κ2) is 5.65. The van der Waals surface area contributed by atoms with Crippen molar-refractivity contribution in [3.63, 3.8) is 0 Å². The van der Waals surface area contributed by atoms with E-state index in [1.165, 1.54) is 12.1 Å². The first-order valence-electron chi connectivity index (χ1n) is 6.14. The van der Waals surface area contributed by atoms with Gasteiger partial charge in [0.25, 0.3) is 5.91 Å². The molecule has 0 bridgehead atoms. The van der Waals surface area contributed by atoms with Gasteiger partial charge in [-0.3, -0.25) is 4.79 Å². The number of benzene rings is 1. The van der Waals surface area contributed by atoms with Crippen molar-refractivity contribution in [1.29, 1.82) is 0 Å². The third-order valence-corrected chi connectivity index (χ3v) is 2.74. The van der Waals surface area contributed by atoms with E-state index >= 15 is 0 Å². The summed E-state index contributed by atoms with van der Waals surface area (Å²) in [6, 6.07) is 5.80. The second-order valence-electron chi connectivity index (χ2n) is 4.23. The fourth-order valence-electron chi connectivity index (χ4n) is 1.77. The largest absolute Gasteiger partial charge is 0.360 e. The smallest absolute Gasteiger partial charge is 0.257 e. The molecule has 1 aromatic heterocycles. The molecule has 0 fully saturated rings. The molecule has 1 heterocycles. The van der Waals surface area contributed by atoms with Gasteiger partial charge in [0.1, 0.15) is 22.8 Å². The number of nitrogens with one attached hydrogen (secondary N) is 1. The molecular weight excluding hydrogens is 247 g/mol. The van der Waals surface area contributed by atoms with E-state index in [0.717, 1.165) is 6.42 Å². The van der Waals surface area contributed by atoms with Crippen LogP contribution in [0.5, 0.6) is 0 Å². The highest BCUT2D eigenvalue weighted by Crippen LogP contribution is 2.25. The third kappa shape index (κ3) is 2.81. The number of amides is 1. The van der Waals surface area contributed by atoms with E-state index in [0.29, 0.717) is 29.1 Å². The van der Waals surface area contributed by atoms with Gasteiger partial charge < -0.3 is 9.84 Å². The van der Waals surface area contributed by atoms with Crippen LogP contribution in [0.15, 0.2) is 28.8 Å². The van der Waals surface area contributed by atoms with Crippen molar-refractivity contribution in [3.05, 3.63) is 41.4 Å². The van der Waals surface area contributed by atoms with E-state index in [9.17, 15) is 9.18 Å². The van der Waals surface area contributed by atoms with Crippen LogP contribution in [0.4, 0.5) is 4.39 Å². The van der Waals surface area contributed by atoms with Gasteiger partial charge in [-0.05, 0) is 37.6 Å². The molecule has 2 aromatic rings. The molecule has 0 unspecified atom stereocenters. The Labute approximate surface area is 110 Å². The lowest BCUT2D eigenvalue weighted by Gasteiger charge is -2.04. The highest BCUT2D eigenvalue weighted by molar-refractivity contribution is 6.00. The number of hydrogen-bond acceptors (Lipinski definition) is 3. The van der Waals surface area contributed by atoms with Gasteiger partial charge >= 0.3 is 0 Å². The maximum Gasteiger partial charge on any atom is 0.257 e. The molecule has 1 aromatic carbocycles. The Morgan fingerprint density at radius 1 is 1.37 bits per heavy atom. The maximum atomic E-state index is 12.9. The normalized spacial score (nSPS) is 10.5. The molecule has 0 saturated carbocycles. The molecule has 0 aliphatic heterocycles. The molecule has 0 atom stereocenters. The van der Waals surface area contributed by atoms with Crippen LogP contribution in [0.1, 0.15) is 29.5 Å². The van der Waals surface area contributed by atoms with Gasteiger partial charge in [-0.15, -0.1) is 0 Å². The molecule has 100 valence electrons. The number of aromatic nitrogens is 1. The van der Waals surface area contributed by atoms with Crippen molar-refractivity contribution in [3.8, 4) is 11.3 Å². The van der Waals surface area contributed by atoms with Gasteiger partial charge in [-0.1, -0.05) is 12.1 Å². The average Bonchev–Trinajstić information content (AvgIpc) is 2.79. The Bertz CT molecular complexity index is 576. The molecule has 0 radical (unpaired) electrons. The van der Waals surface area contributed by atoms with Crippen LogP contribution in [0.25, 0.3) is 11.3 Å². The lowest BCUT2D eigenvalue weighted by molar-refractivity contribution is 0.0952. The molecule has 0 saturated heterocycles. The van der Waals surface area contributed by atoms with Crippen molar-refractivity contribution in [2.45, 2.75) is 20.3 Å². The van der Waals surface area contributed by atoms with E-state index < -0.39 is 0 Å². The fourth-order valence-corrected chi connectivity index (χ4v) is 1.77. The van der Waals surface area contributed by atoms with Gasteiger partial charge in [0.15, 0.2) is 0 Å². The number of nitrogens with zero attached hydrogens (tertiary/aromatic N) is 1. The van der Waals surface area contributed by atoms with Crippen molar-refractivity contribution in [1.82, 2.24) is 10.5 Å². The van der Waals surface area contributed by atoms with Crippen molar-refractivity contribution < 1.29 is 13.7 Å². The van der Waals surface area contributed by atoms with E-state index in [-0.39, 0.29) is 11.7 Å². The standard InChI is InChI=1S/C14H15FN2O2/c1-3-8-16-14(18)12-9(2)19-17-13(12)10-4-6-11(15)7-5-10/h4-7H,3,8H2,1-2H3,(H,16,18). The number of aryl methyl sites for hydroxylation is 1. The first-order chi connectivity index (χ1) is 9.13.